The van der Waals surface area contributed by atoms with Gasteiger partial charge in [0.15, 0.2) is 28.9 Å². The Balaban J connectivity index is 1.46. The van der Waals surface area contributed by atoms with E-state index in [2.05, 4.69) is 46.3 Å². The maximum absolute atomic E-state index is 15.5. The molecule has 212 valence electrons. The number of ether oxygens (including phenoxy) is 3. The highest BCUT2D eigenvalue weighted by Gasteiger charge is 2.34. The summed E-state index contributed by atoms with van der Waals surface area (Å²) in [5.41, 5.74) is 2.59. The van der Waals surface area contributed by atoms with Crippen LogP contribution < -0.4 is 19.1 Å². The molecule has 0 atom stereocenters. The summed E-state index contributed by atoms with van der Waals surface area (Å²) in [6, 6.07) is 5.39. The van der Waals surface area contributed by atoms with Crippen molar-refractivity contribution in [1.29, 1.82) is 5.41 Å². The van der Waals surface area contributed by atoms with Crippen LogP contribution in [0.15, 0.2) is 18.2 Å². The zero-order valence-corrected chi connectivity index (χ0v) is 23.4. The number of benzene rings is 2. The number of tetrazole rings is 1. The minimum atomic E-state index is -0.638. The number of H-pyrrole nitrogens is 1. The minimum Gasteiger partial charge on any atom is -0.490 e. The van der Waals surface area contributed by atoms with E-state index in [1.54, 1.807) is 17.9 Å². The molecule has 0 bridgehead atoms. The lowest BCUT2D eigenvalue weighted by atomic mass is 9.84. The van der Waals surface area contributed by atoms with Crippen LogP contribution in [0.4, 0.5) is 10.1 Å². The summed E-state index contributed by atoms with van der Waals surface area (Å²) in [4.78, 5) is 17.4. The van der Waals surface area contributed by atoms with E-state index >= 15 is 4.39 Å². The van der Waals surface area contributed by atoms with Crippen molar-refractivity contribution < 1.29 is 23.4 Å². The number of carbonyl (C=O) groups excluding carboxylic acids is 1. The van der Waals surface area contributed by atoms with Crippen molar-refractivity contribution in [2.45, 2.75) is 53.1 Å². The third-order valence-electron chi connectivity index (χ3n) is 6.98. The van der Waals surface area contributed by atoms with Crippen LogP contribution in [0.1, 0.15) is 67.5 Å². The van der Waals surface area contributed by atoms with Gasteiger partial charge in [0, 0.05) is 17.7 Å². The Morgan fingerprint density at radius 2 is 1.95 bits per heavy atom. The molecule has 0 radical (unpaired) electrons. The summed E-state index contributed by atoms with van der Waals surface area (Å²) in [5, 5.41) is 23.0. The van der Waals surface area contributed by atoms with Crippen LogP contribution in [0.2, 0.25) is 0 Å². The third-order valence-corrected chi connectivity index (χ3v) is 6.98. The normalized spacial score (nSPS) is 14.6. The van der Waals surface area contributed by atoms with Gasteiger partial charge in [0.05, 0.1) is 44.1 Å². The van der Waals surface area contributed by atoms with Gasteiger partial charge in [-0.25, -0.2) is 4.39 Å². The van der Waals surface area contributed by atoms with Gasteiger partial charge in [-0.1, -0.05) is 26.0 Å². The molecule has 5 rings (SSSR count). The largest absolute Gasteiger partial charge is 0.490 e. The molecule has 11 nitrogen and oxygen atoms in total. The number of fused-ring (bicyclic) bond motifs is 2. The van der Waals surface area contributed by atoms with E-state index < -0.39 is 5.82 Å². The quantitative estimate of drug-likeness (QED) is 0.381. The SMILES string of the molecule is CCOc1cc2c(c(F)c1OCC)C(=N)N(CC(=O)c1cc3c(c(C(C)(C)C)c1)OCCN3Cc1nn[nH]n1)C2. The average molecular weight is 552 g/mol. The molecule has 0 spiro atoms. The number of nitrogens with zero attached hydrogens (tertiary/aromatic N) is 5. The van der Waals surface area contributed by atoms with Crippen LogP contribution in [0.3, 0.4) is 0 Å². The van der Waals surface area contributed by atoms with Crippen molar-refractivity contribution in [2.24, 2.45) is 0 Å². The first-order chi connectivity index (χ1) is 19.1. The van der Waals surface area contributed by atoms with E-state index in [-0.39, 0.29) is 48.0 Å². The lowest BCUT2D eigenvalue weighted by molar-refractivity contribution is 0.0962. The minimum absolute atomic E-state index is 0.00720. The van der Waals surface area contributed by atoms with Gasteiger partial charge in [-0.2, -0.15) is 5.21 Å². The van der Waals surface area contributed by atoms with Crippen molar-refractivity contribution in [1.82, 2.24) is 25.5 Å². The molecular weight excluding hydrogens is 517 g/mol. The lowest BCUT2D eigenvalue weighted by Crippen LogP contribution is -2.35. The average Bonchev–Trinajstić information content (AvgIpc) is 3.53. The Morgan fingerprint density at radius 1 is 1.18 bits per heavy atom. The number of carbonyl (C=O) groups is 1. The maximum Gasteiger partial charge on any atom is 0.197 e. The maximum atomic E-state index is 15.5. The molecule has 0 saturated carbocycles. The predicted octanol–water partition coefficient (Wildman–Crippen LogP) is 3.86. The first kappa shape index (κ1) is 27.4. The number of anilines is 1. The Bertz CT molecular complexity index is 1440. The Hall–Kier alpha value is -4.22. The fraction of sp³-hybridized carbons (Fsp3) is 0.464. The van der Waals surface area contributed by atoms with Crippen molar-refractivity contribution in [2.75, 3.05) is 37.8 Å². The van der Waals surface area contributed by atoms with E-state index in [1.165, 1.54) is 0 Å². The highest BCUT2D eigenvalue weighted by atomic mass is 19.1. The number of halogens is 1. The summed E-state index contributed by atoms with van der Waals surface area (Å²) < 4.78 is 32.7. The molecule has 0 fully saturated rings. The number of ketones is 1. The second kappa shape index (κ2) is 10.7. The zero-order valence-electron chi connectivity index (χ0n) is 23.4. The first-order valence-corrected chi connectivity index (χ1v) is 13.4. The van der Waals surface area contributed by atoms with Crippen LogP contribution in [0.25, 0.3) is 0 Å². The summed E-state index contributed by atoms with van der Waals surface area (Å²) in [5.74, 6) is 0.673. The molecule has 0 aliphatic carbocycles. The molecule has 1 aromatic heterocycles. The first-order valence-electron chi connectivity index (χ1n) is 13.4. The number of nitrogens with one attached hydrogen (secondary N) is 2. The molecular formula is C28H34FN7O4. The molecule has 3 aromatic rings. The molecule has 0 unspecified atom stereocenters. The molecule has 2 N–H and O–H groups in total. The number of rotatable bonds is 9. The highest BCUT2D eigenvalue weighted by Crippen LogP contribution is 2.43. The fourth-order valence-corrected chi connectivity index (χ4v) is 5.10. The van der Waals surface area contributed by atoms with Crippen molar-refractivity contribution in [3.63, 3.8) is 0 Å². The Labute approximate surface area is 232 Å². The molecule has 40 heavy (non-hydrogen) atoms. The smallest absolute Gasteiger partial charge is 0.197 e. The number of aromatic amines is 1. The molecule has 2 aliphatic heterocycles. The zero-order chi connectivity index (χ0) is 28.6. The van der Waals surface area contributed by atoms with Gasteiger partial charge < -0.3 is 24.0 Å². The Morgan fingerprint density at radius 3 is 2.62 bits per heavy atom. The lowest BCUT2D eigenvalue weighted by Gasteiger charge is -2.35. The van der Waals surface area contributed by atoms with Crippen LogP contribution in [-0.2, 0) is 18.5 Å². The van der Waals surface area contributed by atoms with E-state index in [0.717, 1.165) is 17.0 Å². The van der Waals surface area contributed by atoms with Crippen LogP contribution in [-0.4, -0.2) is 70.1 Å². The van der Waals surface area contributed by atoms with Crippen molar-refractivity contribution >= 4 is 17.3 Å². The van der Waals surface area contributed by atoms with Gasteiger partial charge in [0.1, 0.15) is 18.2 Å². The number of aromatic nitrogens is 4. The van der Waals surface area contributed by atoms with Crippen molar-refractivity contribution in [3.05, 3.63) is 52.1 Å². The Kier molecular flexibility index (Phi) is 7.35. The van der Waals surface area contributed by atoms with Gasteiger partial charge in [-0.3, -0.25) is 10.2 Å². The molecule has 0 amide bonds. The third kappa shape index (κ3) is 5.05. The van der Waals surface area contributed by atoms with E-state index in [4.69, 9.17) is 19.6 Å². The van der Waals surface area contributed by atoms with Gasteiger partial charge in [-0.15, -0.1) is 10.2 Å². The van der Waals surface area contributed by atoms with Gasteiger partial charge in [0.2, 0.25) is 0 Å². The van der Waals surface area contributed by atoms with Gasteiger partial charge >= 0.3 is 0 Å². The number of Topliss-reactive ketones (excluding diaryl/α,β-unsaturated/α-hetero) is 1. The summed E-state index contributed by atoms with van der Waals surface area (Å²) >= 11 is 0. The van der Waals surface area contributed by atoms with Gasteiger partial charge in [-0.05, 0) is 43.0 Å². The number of amidine groups is 1. The van der Waals surface area contributed by atoms with E-state index in [1.807, 2.05) is 19.1 Å². The highest BCUT2D eigenvalue weighted by molar-refractivity contribution is 6.06. The molecule has 0 saturated heterocycles. The second-order valence-corrected chi connectivity index (χ2v) is 10.8. The van der Waals surface area contributed by atoms with Crippen LogP contribution in [0, 0.1) is 11.2 Å². The molecule has 3 heterocycles. The van der Waals surface area contributed by atoms with Crippen molar-refractivity contribution in [3.8, 4) is 17.2 Å². The van der Waals surface area contributed by atoms with Gasteiger partial charge in [0.25, 0.3) is 0 Å². The fourth-order valence-electron chi connectivity index (χ4n) is 5.10. The van der Waals surface area contributed by atoms with E-state index in [0.29, 0.717) is 49.0 Å². The second-order valence-electron chi connectivity index (χ2n) is 10.8. The summed E-state index contributed by atoms with van der Waals surface area (Å²) in [6.07, 6.45) is 0. The topological polar surface area (TPSA) is 130 Å². The predicted molar refractivity (Wildman–Crippen MR) is 146 cm³/mol. The van der Waals surface area contributed by atoms with Crippen LogP contribution >= 0.6 is 0 Å². The monoisotopic (exact) mass is 551 g/mol. The standard InChI is InChI=1S/C28H34FN7O4/c1-6-38-21-12-17-13-36(27(30)23(17)24(29)26(21)39-7-2)14-20(37)16-10-18(28(3,4)5)25-19(11-16)35(8-9-40-25)15-22-31-33-34-32-22/h10-12,30H,6-9,13-15H2,1-5H3,(H,31,32,33,34). The molecule has 2 aliphatic rings. The van der Waals surface area contributed by atoms with E-state index in [9.17, 15) is 4.79 Å². The summed E-state index contributed by atoms with van der Waals surface area (Å²) in [6.45, 7) is 12.0. The molecule has 12 heteroatoms. The number of hydrogen-bond acceptors (Lipinski definition) is 9. The molecule has 2 aromatic carbocycles. The summed E-state index contributed by atoms with van der Waals surface area (Å²) in [7, 11) is 0. The van der Waals surface area contributed by atoms with Crippen LogP contribution in [0.5, 0.6) is 17.2 Å². The number of hydrogen-bond donors (Lipinski definition) is 2.